The van der Waals surface area contributed by atoms with Crippen molar-refractivity contribution in [3.05, 3.63) is 47.2 Å². The molecule has 3 N–H and O–H groups in total. The molecule has 1 fully saturated rings. The molecule has 2 aromatic rings. The number of alkyl halides is 3. The maximum Gasteiger partial charge on any atom is 0.433 e. The highest BCUT2D eigenvalue weighted by Crippen LogP contribution is 2.34. The zero-order valence-electron chi connectivity index (χ0n) is 18.0. The third-order valence-electron chi connectivity index (χ3n) is 5.81. The lowest BCUT2D eigenvalue weighted by molar-refractivity contribution is -0.140. The molecule has 10 heteroatoms. The standard InChI is InChI=1S/C23H24F3N5O2/c1-13-5-6-18-17(9-13)19(12-20(29-18)23(24,25)26)28-15-3-2-4-16(11-15)30-31-22(33)14-7-8-27-21(32)10-14/h5-9,12,15-16,30H,2-4,10-11H2,1H3,(H,28,29)(H,31,33)/t15-,16?/m0/s1. The molecule has 1 aromatic heterocycles. The van der Waals surface area contributed by atoms with Gasteiger partial charge in [-0.2, -0.15) is 13.2 Å². The van der Waals surface area contributed by atoms with E-state index in [0.717, 1.165) is 30.9 Å². The first-order chi connectivity index (χ1) is 15.7. The SMILES string of the molecule is Cc1ccc2nc(C(F)(F)F)cc(N[C@H]3CCCC(NNC(=O)C4=CC=NC(=O)C4)C3)c2c1. The van der Waals surface area contributed by atoms with Gasteiger partial charge in [0.1, 0.15) is 5.69 Å². The van der Waals surface area contributed by atoms with E-state index >= 15 is 0 Å². The van der Waals surface area contributed by atoms with Crippen LogP contribution in [0.4, 0.5) is 18.9 Å². The van der Waals surface area contributed by atoms with E-state index in [2.05, 4.69) is 26.1 Å². The maximum absolute atomic E-state index is 13.4. The first-order valence-electron chi connectivity index (χ1n) is 10.8. The van der Waals surface area contributed by atoms with E-state index in [4.69, 9.17) is 0 Å². The molecule has 0 saturated heterocycles. The van der Waals surface area contributed by atoms with Crippen molar-refractivity contribution in [3.63, 3.8) is 0 Å². The normalized spacial score (nSPS) is 21.1. The average molecular weight is 459 g/mol. The number of fused-ring (bicyclic) bond motifs is 1. The Morgan fingerprint density at radius 3 is 2.70 bits per heavy atom. The summed E-state index contributed by atoms with van der Waals surface area (Å²) < 4.78 is 40.2. The first-order valence-corrected chi connectivity index (χ1v) is 10.8. The Bertz CT molecular complexity index is 1140. The van der Waals surface area contributed by atoms with Crippen LogP contribution in [0.15, 0.2) is 40.9 Å². The Morgan fingerprint density at radius 2 is 1.94 bits per heavy atom. The topological polar surface area (TPSA) is 95.5 Å². The summed E-state index contributed by atoms with van der Waals surface area (Å²) in [5.41, 5.74) is 6.65. The molecule has 0 spiro atoms. The number of aromatic nitrogens is 1. The number of hydrogen-bond donors (Lipinski definition) is 3. The second-order valence-corrected chi connectivity index (χ2v) is 8.42. The number of dihydropyridines is 1. The second-order valence-electron chi connectivity index (χ2n) is 8.42. The third-order valence-corrected chi connectivity index (χ3v) is 5.81. The summed E-state index contributed by atoms with van der Waals surface area (Å²) in [5.74, 6) is -0.766. The number of anilines is 1. The van der Waals surface area contributed by atoms with Crippen molar-refractivity contribution in [2.45, 2.75) is 57.3 Å². The van der Waals surface area contributed by atoms with Crippen LogP contribution < -0.4 is 16.2 Å². The van der Waals surface area contributed by atoms with Crippen LogP contribution in [0, 0.1) is 6.92 Å². The van der Waals surface area contributed by atoms with Crippen molar-refractivity contribution < 1.29 is 22.8 Å². The molecule has 1 unspecified atom stereocenters. The molecule has 1 aliphatic carbocycles. The minimum absolute atomic E-state index is 0.0467. The van der Waals surface area contributed by atoms with Crippen LogP contribution >= 0.6 is 0 Å². The summed E-state index contributed by atoms with van der Waals surface area (Å²) in [4.78, 5) is 31.0. The highest BCUT2D eigenvalue weighted by Gasteiger charge is 2.34. The van der Waals surface area contributed by atoms with Gasteiger partial charge >= 0.3 is 6.18 Å². The number of benzene rings is 1. The van der Waals surface area contributed by atoms with Crippen LogP contribution in [0.5, 0.6) is 0 Å². The minimum atomic E-state index is -4.55. The highest BCUT2D eigenvalue weighted by atomic mass is 19.4. The number of nitrogens with zero attached hydrogens (tertiary/aromatic N) is 2. The Balaban J connectivity index is 1.45. The summed E-state index contributed by atoms with van der Waals surface area (Å²) in [6.45, 7) is 1.88. The lowest BCUT2D eigenvalue weighted by Gasteiger charge is -2.31. The van der Waals surface area contributed by atoms with Crippen LogP contribution in [0.2, 0.25) is 0 Å². The maximum atomic E-state index is 13.4. The average Bonchev–Trinajstić information content (AvgIpc) is 2.77. The smallest absolute Gasteiger partial charge is 0.382 e. The van der Waals surface area contributed by atoms with E-state index in [-0.39, 0.29) is 29.9 Å². The number of aliphatic imine (C=N–C) groups is 1. The van der Waals surface area contributed by atoms with Gasteiger partial charge in [0.15, 0.2) is 0 Å². The molecule has 2 aliphatic rings. The Labute approximate surface area is 188 Å². The van der Waals surface area contributed by atoms with Gasteiger partial charge in [0.25, 0.3) is 5.91 Å². The van der Waals surface area contributed by atoms with E-state index in [9.17, 15) is 22.8 Å². The van der Waals surface area contributed by atoms with Crippen LogP contribution in [-0.4, -0.2) is 35.1 Å². The first kappa shape index (κ1) is 22.9. The van der Waals surface area contributed by atoms with Crippen LogP contribution in [0.1, 0.15) is 43.4 Å². The molecular formula is C23H24F3N5O2. The van der Waals surface area contributed by atoms with E-state index in [1.165, 1.54) is 12.3 Å². The predicted molar refractivity (Wildman–Crippen MR) is 119 cm³/mol. The van der Waals surface area contributed by atoms with Gasteiger partial charge in [-0.3, -0.25) is 15.0 Å². The minimum Gasteiger partial charge on any atom is -0.382 e. The molecule has 1 saturated carbocycles. The van der Waals surface area contributed by atoms with Crippen molar-refractivity contribution in [1.29, 1.82) is 0 Å². The summed E-state index contributed by atoms with van der Waals surface area (Å²) in [5, 5.41) is 3.92. The predicted octanol–water partition coefficient (Wildman–Crippen LogP) is 3.83. The van der Waals surface area contributed by atoms with Crippen molar-refractivity contribution in [3.8, 4) is 0 Å². The van der Waals surface area contributed by atoms with Crippen LogP contribution in [-0.2, 0) is 15.8 Å². The van der Waals surface area contributed by atoms with Gasteiger partial charge < -0.3 is 5.32 Å². The Hall–Kier alpha value is -3.27. The quantitative estimate of drug-likeness (QED) is 0.591. The van der Waals surface area contributed by atoms with Gasteiger partial charge in [0.05, 0.1) is 11.9 Å². The van der Waals surface area contributed by atoms with Gasteiger partial charge in [0.2, 0.25) is 5.91 Å². The van der Waals surface area contributed by atoms with Crippen molar-refractivity contribution in [1.82, 2.24) is 15.8 Å². The van der Waals surface area contributed by atoms with Gasteiger partial charge in [-0.15, -0.1) is 0 Å². The molecule has 1 aromatic carbocycles. The molecule has 2 heterocycles. The number of hydrazine groups is 1. The molecule has 33 heavy (non-hydrogen) atoms. The van der Waals surface area contributed by atoms with Crippen LogP contribution in [0.25, 0.3) is 10.9 Å². The van der Waals surface area contributed by atoms with Gasteiger partial charge in [-0.1, -0.05) is 11.6 Å². The molecular weight excluding hydrogens is 435 g/mol. The molecule has 2 atom stereocenters. The fourth-order valence-electron chi connectivity index (χ4n) is 4.16. The molecule has 7 nitrogen and oxygen atoms in total. The number of carbonyl (C=O) groups is 2. The number of hydrogen-bond acceptors (Lipinski definition) is 5. The fourth-order valence-corrected chi connectivity index (χ4v) is 4.16. The number of aryl methyl sites for hydroxylation is 1. The highest BCUT2D eigenvalue weighted by molar-refractivity contribution is 6.06. The van der Waals surface area contributed by atoms with E-state index in [1.54, 1.807) is 12.1 Å². The van der Waals surface area contributed by atoms with Crippen LogP contribution in [0.3, 0.4) is 0 Å². The van der Waals surface area contributed by atoms with E-state index in [0.29, 0.717) is 23.1 Å². The molecule has 1 aliphatic heterocycles. The molecule has 2 amide bonds. The zero-order chi connectivity index (χ0) is 23.6. The summed E-state index contributed by atoms with van der Waals surface area (Å²) >= 11 is 0. The molecule has 174 valence electrons. The fraction of sp³-hybridized carbons (Fsp3) is 0.391. The molecule has 0 bridgehead atoms. The lowest BCUT2D eigenvalue weighted by Crippen LogP contribution is -2.48. The monoisotopic (exact) mass is 459 g/mol. The number of pyridine rings is 1. The van der Waals surface area contributed by atoms with Gasteiger partial charge in [-0.05, 0) is 56.9 Å². The van der Waals surface area contributed by atoms with Crippen molar-refractivity contribution >= 4 is 34.6 Å². The number of rotatable bonds is 5. The third kappa shape index (κ3) is 5.57. The number of carbonyl (C=O) groups excluding carboxylic acids is 2. The number of amides is 2. The summed E-state index contributed by atoms with van der Waals surface area (Å²) in [6, 6.07) is 6.08. The number of allylic oxidation sites excluding steroid dienone is 1. The molecule has 0 radical (unpaired) electrons. The number of halogens is 3. The zero-order valence-corrected chi connectivity index (χ0v) is 18.0. The molecule has 4 rings (SSSR count). The van der Waals surface area contributed by atoms with E-state index < -0.39 is 17.8 Å². The largest absolute Gasteiger partial charge is 0.433 e. The Morgan fingerprint density at radius 1 is 1.15 bits per heavy atom. The van der Waals surface area contributed by atoms with E-state index in [1.807, 2.05) is 13.0 Å². The van der Waals surface area contributed by atoms with Crippen molar-refractivity contribution in [2.24, 2.45) is 4.99 Å². The van der Waals surface area contributed by atoms with Crippen molar-refractivity contribution in [2.75, 3.05) is 5.32 Å². The van der Waals surface area contributed by atoms with Gasteiger partial charge in [0, 0.05) is 34.9 Å². The Kier molecular flexibility index (Phi) is 6.46. The number of nitrogens with one attached hydrogen (secondary N) is 3. The summed E-state index contributed by atoms with van der Waals surface area (Å²) in [6.07, 6.45) is 1.26. The lowest BCUT2D eigenvalue weighted by atomic mass is 9.91. The second kappa shape index (κ2) is 9.30. The van der Waals surface area contributed by atoms with Gasteiger partial charge in [-0.25, -0.2) is 15.4 Å². The summed E-state index contributed by atoms with van der Waals surface area (Å²) in [7, 11) is 0.